The molecule has 0 aromatic heterocycles. The Balaban J connectivity index is 1.98. The normalized spacial score (nSPS) is 17.4. The maximum Gasteiger partial charge on any atom is 0.0811 e. The van der Waals surface area contributed by atoms with Crippen molar-refractivity contribution in [2.24, 2.45) is 0 Å². The van der Waals surface area contributed by atoms with Crippen LogP contribution in [-0.2, 0) is 6.42 Å². The zero-order chi connectivity index (χ0) is 16.4. The molecule has 2 heteroatoms. The molecular weight excluding hydrogens is 296 g/mol. The van der Waals surface area contributed by atoms with Crippen molar-refractivity contribution < 1.29 is 5.11 Å². The van der Waals surface area contributed by atoms with Crippen LogP contribution in [0.15, 0.2) is 52.3 Å². The average molecular weight is 325 g/mol. The lowest BCUT2D eigenvalue weighted by molar-refractivity contribution is 0.289. The highest BCUT2D eigenvalue weighted by Crippen LogP contribution is 2.43. The first kappa shape index (κ1) is 16.5. The molecule has 2 aliphatic rings. The lowest BCUT2D eigenvalue weighted by Gasteiger charge is -2.27. The summed E-state index contributed by atoms with van der Waals surface area (Å²) in [5, 5.41) is 10.9. The highest BCUT2D eigenvalue weighted by Gasteiger charge is 2.33. The van der Waals surface area contributed by atoms with Gasteiger partial charge in [0.15, 0.2) is 0 Å². The quantitative estimate of drug-likeness (QED) is 0.705. The van der Waals surface area contributed by atoms with Crippen LogP contribution in [0.3, 0.4) is 0 Å². The molecule has 2 aliphatic carbocycles. The minimum absolute atomic E-state index is 0.294. The van der Waals surface area contributed by atoms with Gasteiger partial charge >= 0.3 is 0 Å². The van der Waals surface area contributed by atoms with Gasteiger partial charge in [0.2, 0.25) is 0 Å². The van der Waals surface area contributed by atoms with Gasteiger partial charge in [-0.3, -0.25) is 0 Å². The van der Waals surface area contributed by atoms with Crippen molar-refractivity contribution in [3.63, 3.8) is 0 Å². The summed E-state index contributed by atoms with van der Waals surface area (Å²) >= 11 is 0. The standard InChI is InChI=1S/C21H28OSi/c1-4-23(2,3)21-16(10-7-13-22)11-12-20(21)19-14-17-8-5-6-9-18(17)15-19/h5-6,8-9,11,14,22H,4,7,10,12-13,15H2,1-3H3. The van der Waals surface area contributed by atoms with Crippen molar-refractivity contribution in [2.45, 2.75) is 51.7 Å². The Morgan fingerprint density at radius 2 is 1.96 bits per heavy atom. The molecule has 23 heavy (non-hydrogen) atoms. The van der Waals surface area contributed by atoms with E-state index >= 15 is 0 Å². The van der Waals surface area contributed by atoms with Crippen LogP contribution < -0.4 is 0 Å². The van der Waals surface area contributed by atoms with Crippen LogP contribution in [0.1, 0.15) is 37.3 Å². The highest BCUT2D eigenvalue weighted by atomic mass is 28.3. The molecule has 0 atom stereocenters. The number of rotatable bonds is 6. The number of allylic oxidation sites excluding steroid dienone is 5. The molecule has 0 bridgehead atoms. The van der Waals surface area contributed by atoms with Gasteiger partial charge in [-0.05, 0) is 48.0 Å². The Morgan fingerprint density at radius 3 is 2.65 bits per heavy atom. The van der Waals surface area contributed by atoms with Gasteiger partial charge in [-0.2, -0.15) is 0 Å². The van der Waals surface area contributed by atoms with Gasteiger partial charge in [0.1, 0.15) is 0 Å². The number of fused-ring (bicyclic) bond motifs is 1. The summed E-state index contributed by atoms with van der Waals surface area (Å²) in [5.74, 6) is 0. The second-order valence-corrected chi connectivity index (χ2v) is 12.4. The molecule has 1 N–H and O–H groups in total. The third-order valence-electron chi connectivity index (χ3n) is 5.49. The van der Waals surface area contributed by atoms with Crippen molar-refractivity contribution in [3.8, 4) is 0 Å². The smallest absolute Gasteiger partial charge is 0.0811 e. The Kier molecular flexibility index (Phi) is 4.74. The number of benzene rings is 1. The van der Waals surface area contributed by atoms with Gasteiger partial charge in [-0.15, -0.1) is 0 Å². The lowest BCUT2D eigenvalue weighted by atomic mass is 10.0. The molecule has 0 fully saturated rings. The number of aliphatic hydroxyl groups excluding tert-OH is 1. The van der Waals surface area contributed by atoms with E-state index in [4.69, 9.17) is 0 Å². The molecule has 0 heterocycles. The molecule has 0 unspecified atom stereocenters. The fourth-order valence-electron chi connectivity index (χ4n) is 3.91. The average Bonchev–Trinajstić information content (AvgIpc) is 3.16. The molecule has 0 amide bonds. The fraction of sp³-hybridized carbons (Fsp3) is 0.429. The SMILES string of the molecule is CC[Si](C)(C)C1=C(C2=Cc3ccccc3C2)CC=C1CCCO. The van der Waals surface area contributed by atoms with Crippen molar-refractivity contribution in [1.82, 2.24) is 0 Å². The topological polar surface area (TPSA) is 20.2 Å². The minimum atomic E-state index is -1.40. The maximum atomic E-state index is 9.23. The van der Waals surface area contributed by atoms with E-state index in [1.807, 2.05) is 0 Å². The third kappa shape index (κ3) is 3.15. The molecule has 0 spiro atoms. The lowest BCUT2D eigenvalue weighted by Crippen LogP contribution is -2.29. The second kappa shape index (κ2) is 6.62. The zero-order valence-electron chi connectivity index (χ0n) is 14.7. The van der Waals surface area contributed by atoms with Crippen LogP contribution in [0.5, 0.6) is 0 Å². The Hall–Kier alpha value is -1.38. The number of aliphatic hydroxyl groups is 1. The first-order chi connectivity index (χ1) is 11.1. The molecule has 1 aromatic carbocycles. The van der Waals surface area contributed by atoms with Crippen LogP contribution >= 0.6 is 0 Å². The summed E-state index contributed by atoms with van der Waals surface area (Å²) in [4.78, 5) is 0. The second-order valence-electron chi connectivity index (χ2n) is 7.40. The largest absolute Gasteiger partial charge is 0.396 e. The van der Waals surface area contributed by atoms with Crippen LogP contribution in [0.2, 0.25) is 19.1 Å². The van der Waals surface area contributed by atoms with E-state index in [1.54, 1.807) is 10.8 Å². The van der Waals surface area contributed by atoms with Crippen molar-refractivity contribution in [3.05, 3.63) is 63.4 Å². The summed E-state index contributed by atoms with van der Waals surface area (Å²) in [6, 6.07) is 10.1. The van der Waals surface area contributed by atoms with E-state index in [9.17, 15) is 5.11 Å². The molecular formula is C21H28OSi. The first-order valence-corrected chi connectivity index (χ1v) is 12.1. The molecule has 0 saturated carbocycles. The van der Waals surface area contributed by atoms with Gasteiger partial charge in [-0.25, -0.2) is 0 Å². The molecule has 3 rings (SSSR count). The molecule has 1 nitrogen and oxygen atoms in total. The van der Waals surface area contributed by atoms with Crippen LogP contribution in [-0.4, -0.2) is 19.8 Å². The summed E-state index contributed by atoms with van der Waals surface area (Å²) in [5.41, 5.74) is 7.53. The van der Waals surface area contributed by atoms with Gasteiger partial charge in [-0.1, -0.05) is 73.2 Å². The van der Waals surface area contributed by atoms with E-state index in [0.717, 1.165) is 25.7 Å². The van der Waals surface area contributed by atoms with Gasteiger partial charge in [0.05, 0.1) is 8.07 Å². The van der Waals surface area contributed by atoms with Crippen LogP contribution in [0, 0.1) is 0 Å². The van der Waals surface area contributed by atoms with E-state index in [-0.39, 0.29) is 0 Å². The zero-order valence-corrected chi connectivity index (χ0v) is 15.7. The Bertz CT molecular complexity index is 692. The molecule has 122 valence electrons. The Labute approximate surface area is 141 Å². The van der Waals surface area contributed by atoms with E-state index in [0.29, 0.717) is 6.61 Å². The Morgan fingerprint density at radius 1 is 1.17 bits per heavy atom. The van der Waals surface area contributed by atoms with Crippen molar-refractivity contribution in [2.75, 3.05) is 6.61 Å². The van der Waals surface area contributed by atoms with Crippen molar-refractivity contribution in [1.29, 1.82) is 0 Å². The summed E-state index contributed by atoms with van der Waals surface area (Å²) in [7, 11) is -1.40. The number of hydrogen-bond donors (Lipinski definition) is 1. The van der Waals surface area contributed by atoms with Gasteiger partial charge < -0.3 is 5.11 Å². The predicted molar refractivity (Wildman–Crippen MR) is 102 cm³/mol. The summed E-state index contributed by atoms with van der Waals surface area (Å²) in [6.07, 6.45) is 8.95. The third-order valence-corrected chi connectivity index (χ3v) is 9.24. The summed E-state index contributed by atoms with van der Waals surface area (Å²) < 4.78 is 0. The van der Waals surface area contributed by atoms with E-state index in [2.05, 4.69) is 56.4 Å². The molecule has 1 aromatic rings. The van der Waals surface area contributed by atoms with Gasteiger partial charge in [0, 0.05) is 6.61 Å². The fourth-order valence-corrected chi connectivity index (χ4v) is 6.43. The highest BCUT2D eigenvalue weighted by molar-refractivity contribution is 6.85. The van der Waals surface area contributed by atoms with E-state index < -0.39 is 8.07 Å². The maximum absolute atomic E-state index is 9.23. The van der Waals surface area contributed by atoms with Gasteiger partial charge in [0.25, 0.3) is 0 Å². The first-order valence-electron chi connectivity index (χ1n) is 8.89. The molecule has 0 radical (unpaired) electrons. The monoisotopic (exact) mass is 324 g/mol. The summed E-state index contributed by atoms with van der Waals surface area (Å²) in [6.45, 7) is 7.64. The van der Waals surface area contributed by atoms with Crippen LogP contribution in [0.25, 0.3) is 6.08 Å². The van der Waals surface area contributed by atoms with Crippen molar-refractivity contribution >= 4 is 14.1 Å². The predicted octanol–water partition coefficient (Wildman–Crippen LogP) is 5.29. The molecule has 0 aliphatic heterocycles. The van der Waals surface area contributed by atoms with E-state index in [1.165, 1.54) is 28.3 Å². The number of hydrogen-bond acceptors (Lipinski definition) is 1. The van der Waals surface area contributed by atoms with Crippen LogP contribution in [0.4, 0.5) is 0 Å². The molecule has 0 saturated heterocycles. The minimum Gasteiger partial charge on any atom is -0.396 e.